The Morgan fingerprint density at radius 1 is 1.24 bits per heavy atom. The van der Waals surface area contributed by atoms with Crippen LogP contribution in [0.3, 0.4) is 0 Å². The number of amides is 1. The van der Waals surface area contributed by atoms with Gasteiger partial charge in [0.2, 0.25) is 5.91 Å². The topological polar surface area (TPSA) is 58.6 Å². The maximum atomic E-state index is 14.6. The first kappa shape index (κ1) is 19.9. The van der Waals surface area contributed by atoms with Gasteiger partial charge < -0.3 is 15.2 Å². The third-order valence-electron chi connectivity index (χ3n) is 5.10. The lowest BCUT2D eigenvalue weighted by Crippen LogP contribution is -2.37. The molecule has 140 valence electrons. The van der Waals surface area contributed by atoms with Gasteiger partial charge in [-0.2, -0.15) is 0 Å². The molecule has 1 aromatic carbocycles. The maximum absolute atomic E-state index is 14.6. The second-order valence-corrected chi connectivity index (χ2v) is 7.59. The molecule has 1 amide bonds. The number of carbonyl (C=O) groups is 1. The fourth-order valence-electron chi connectivity index (χ4n) is 4.04. The average molecular weight is 351 g/mol. The van der Waals surface area contributed by atoms with Gasteiger partial charge in [-0.25, -0.2) is 4.39 Å². The Labute approximate surface area is 149 Å². The number of hydrogen-bond donors (Lipinski definition) is 2. The molecule has 1 heterocycles. The highest BCUT2D eigenvalue weighted by Gasteiger charge is 2.48. The number of ether oxygens (including phenoxy) is 1. The van der Waals surface area contributed by atoms with Crippen molar-refractivity contribution in [3.8, 4) is 0 Å². The summed E-state index contributed by atoms with van der Waals surface area (Å²) in [6, 6.07) is 7.76. The summed E-state index contributed by atoms with van der Waals surface area (Å²) in [7, 11) is 0. The van der Waals surface area contributed by atoms with Crippen molar-refractivity contribution in [1.82, 2.24) is 0 Å². The second kappa shape index (κ2) is 8.28. The fourth-order valence-corrected chi connectivity index (χ4v) is 4.04. The molecule has 0 aliphatic carbocycles. The Balaban J connectivity index is 1.97. The van der Waals surface area contributed by atoms with Gasteiger partial charge in [-0.3, -0.25) is 4.79 Å². The summed E-state index contributed by atoms with van der Waals surface area (Å²) in [5, 5.41) is 12.0. The zero-order chi connectivity index (χ0) is 18.6. The highest BCUT2D eigenvalue weighted by atomic mass is 19.1. The van der Waals surface area contributed by atoms with Gasteiger partial charge in [-0.05, 0) is 56.7 Å². The Bertz CT molecular complexity index is 567. The lowest BCUT2D eigenvalue weighted by Gasteiger charge is -2.30. The van der Waals surface area contributed by atoms with E-state index in [2.05, 4.69) is 5.32 Å². The van der Waals surface area contributed by atoms with Crippen LogP contribution in [0, 0.1) is 11.8 Å². The van der Waals surface area contributed by atoms with E-state index in [4.69, 9.17) is 4.74 Å². The zero-order valence-electron chi connectivity index (χ0n) is 15.6. The van der Waals surface area contributed by atoms with Crippen molar-refractivity contribution in [3.63, 3.8) is 0 Å². The zero-order valence-corrected chi connectivity index (χ0v) is 15.6. The molecule has 1 saturated heterocycles. The van der Waals surface area contributed by atoms with Gasteiger partial charge >= 0.3 is 0 Å². The van der Waals surface area contributed by atoms with Crippen LogP contribution in [0.15, 0.2) is 24.3 Å². The molecule has 5 heteroatoms. The number of aliphatic hydroxyl groups is 1. The summed E-state index contributed by atoms with van der Waals surface area (Å²) >= 11 is 0. The number of alkyl halides is 1. The first-order valence-corrected chi connectivity index (χ1v) is 9.04. The largest absolute Gasteiger partial charge is 0.396 e. The van der Waals surface area contributed by atoms with E-state index in [0.717, 1.165) is 24.1 Å². The molecular formula is C20H30FNO3. The minimum absolute atomic E-state index is 0.00778. The molecule has 0 radical (unpaired) electrons. The molecule has 0 aromatic heterocycles. The molecule has 4 nitrogen and oxygen atoms in total. The number of halogens is 1. The van der Waals surface area contributed by atoms with Crippen LogP contribution in [0.2, 0.25) is 0 Å². The molecule has 25 heavy (non-hydrogen) atoms. The number of aliphatic hydroxyl groups excluding tert-OH is 1. The van der Waals surface area contributed by atoms with E-state index >= 15 is 0 Å². The highest BCUT2D eigenvalue weighted by molar-refractivity contribution is 5.88. The number of benzene rings is 1. The summed E-state index contributed by atoms with van der Waals surface area (Å²) in [6.07, 6.45) is 1.89. The van der Waals surface area contributed by atoms with Crippen molar-refractivity contribution in [2.45, 2.75) is 64.8 Å². The van der Waals surface area contributed by atoms with Crippen LogP contribution in [0.25, 0.3) is 0 Å². The van der Waals surface area contributed by atoms with Crippen LogP contribution in [-0.2, 0) is 16.0 Å². The molecule has 1 aromatic rings. The lowest BCUT2D eigenvalue weighted by molar-refractivity contribution is -0.114. The number of rotatable bonds is 7. The summed E-state index contributed by atoms with van der Waals surface area (Å²) < 4.78 is 20.7. The molecule has 4 atom stereocenters. The third kappa shape index (κ3) is 5.25. The van der Waals surface area contributed by atoms with E-state index in [-0.39, 0.29) is 36.6 Å². The summed E-state index contributed by atoms with van der Waals surface area (Å²) in [5.74, 6) is -0.183. The highest BCUT2D eigenvalue weighted by Crippen LogP contribution is 2.43. The smallest absolute Gasteiger partial charge is 0.221 e. The maximum Gasteiger partial charge on any atom is 0.221 e. The Morgan fingerprint density at radius 2 is 1.88 bits per heavy atom. The van der Waals surface area contributed by atoms with Crippen molar-refractivity contribution in [2.75, 3.05) is 11.9 Å². The predicted molar refractivity (Wildman–Crippen MR) is 97.3 cm³/mol. The summed E-state index contributed by atoms with van der Waals surface area (Å²) in [6.45, 7) is 6.75. The first-order valence-electron chi connectivity index (χ1n) is 9.04. The predicted octanol–water partition coefficient (Wildman–Crippen LogP) is 3.73. The van der Waals surface area contributed by atoms with Crippen molar-refractivity contribution >= 4 is 11.6 Å². The van der Waals surface area contributed by atoms with E-state index in [1.807, 2.05) is 31.2 Å². The quantitative estimate of drug-likeness (QED) is 0.787. The molecule has 0 unspecified atom stereocenters. The van der Waals surface area contributed by atoms with Crippen molar-refractivity contribution in [2.24, 2.45) is 11.8 Å². The second-order valence-electron chi connectivity index (χ2n) is 7.59. The molecule has 0 spiro atoms. The van der Waals surface area contributed by atoms with Crippen LogP contribution in [0.1, 0.15) is 46.1 Å². The molecule has 2 N–H and O–H groups in total. The number of anilines is 1. The Kier molecular flexibility index (Phi) is 6.58. The van der Waals surface area contributed by atoms with Crippen LogP contribution in [0.5, 0.6) is 0 Å². The summed E-state index contributed by atoms with van der Waals surface area (Å²) in [4.78, 5) is 11.1. The standard InChI is InChI=1S/C20H30FNO3/c1-13-17(25-18(11-12-23)19(13)20(3,4)21)10-7-15-5-8-16(9-6-15)22-14(2)24/h5-6,8-9,13,17-19,23H,7,10-12H2,1-4H3,(H,22,24)/t13-,17+,18-,19+/m0/s1. The minimum atomic E-state index is -1.33. The van der Waals surface area contributed by atoms with Gasteiger partial charge in [-0.1, -0.05) is 19.1 Å². The van der Waals surface area contributed by atoms with Gasteiger partial charge in [0.1, 0.15) is 5.67 Å². The van der Waals surface area contributed by atoms with Crippen LogP contribution < -0.4 is 5.32 Å². The lowest BCUT2D eigenvalue weighted by atomic mass is 9.77. The number of aryl methyl sites for hydroxylation is 1. The monoisotopic (exact) mass is 351 g/mol. The molecule has 0 bridgehead atoms. The number of hydrogen-bond acceptors (Lipinski definition) is 3. The first-order chi connectivity index (χ1) is 11.7. The van der Waals surface area contributed by atoms with Crippen molar-refractivity contribution in [3.05, 3.63) is 29.8 Å². The van der Waals surface area contributed by atoms with Gasteiger partial charge in [0, 0.05) is 25.1 Å². The van der Waals surface area contributed by atoms with E-state index < -0.39 is 5.67 Å². The molecular weight excluding hydrogens is 321 g/mol. The number of carbonyl (C=O) groups excluding carboxylic acids is 1. The van der Waals surface area contributed by atoms with Crippen LogP contribution >= 0.6 is 0 Å². The van der Waals surface area contributed by atoms with Crippen molar-refractivity contribution in [1.29, 1.82) is 0 Å². The third-order valence-corrected chi connectivity index (χ3v) is 5.10. The van der Waals surface area contributed by atoms with E-state index in [0.29, 0.717) is 6.42 Å². The fraction of sp³-hybridized carbons (Fsp3) is 0.650. The van der Waals surface area contributed by atoms with Crippen LogP contribution in [0.4, 0.5) is 10.1 Å². The SMILES string of the molecule is CC(=O)Nc1ccc(CC[C@H]2O[C@@H](CCO)[C@H](C(C)(C)F)[C@H]2C)cc1. The molecule has 0 saturated carbocycles. The van der Waals surface area contributed by atoms with E-state index in [1.165, 1.54) is 6.92 Å². The normalized spacial score (nSPS) is 26.6. The van der Waals surface area contributed by atoms with Gasteiger partial charge in [-0.15, -0.1) is 0 Å². The van der Waals surface area contributed by atoms with Gasteiger partial charge in [0.05, 0.1) is 12.2 Å². The Hall–Kier alpha value is -1.46. The molecule has 1 fully saturated rings. The summed E-state index contributed by atoms with van der Waals surface area (Å²) in [5.41, 5.74) is 0.615. The Morgan fingerprint density at radius 3 is 2.40 bits per heavy atom. The average Bonchev–Trinajstić information content (AvgIpc) is 2.82. The minimum Gasteiger partial charge on any atom is -0.396 e. The van der Waals surface area contributed by atoms with Crippen molar-refractivity contribution < 1.29 is 19.0 Å². The number of nitrogens with one attached hydrogen (secondary N) is 1. The molecule has 1 aliphatic heterocycles. The van der Waals surface area contributed by atoms with Gasteiger partial charge in [0.25, 0.3) is 0 Å². The van der Waals surface area contributed by atoms with E-state index in [9.17, 15) is 14.3 Å². The molecule has 1 aliphatic rings. The molecule has 2 rings (SSSR count). The van der Waals surface area contributed by atoms with Gasteiger partial charge in [0.15, 0.2) is 0 Å². The van der Waals surface area contributed by atoms with E-state index in [1.54, 1.807) is 13.8 Å². The van der Waals surface area contributed by atoms with Crippen LogP contribution in [-0.4, -0.2) is 35.5 Å².